The zero-order valence-corrected chi connectivity index (χ0v) is 16.6. The molecule has 1 aliphatic heterocycles. The fraction of sp³-hybridized carbons (Fsp3) is 0.238. The number of benzene rings is 2. The molecule has 1 unspecified atom stereocenters. The smallest absolute Gasteiger partial charge is 0.306 e. The van der Waals surface area contributed by atoms with Gasteiger partial charge in [-0.2, -0.15) is 5.10 Å². The van der Waals surface area contributed by atoms with Gasteiger partial charge in [-0.05, 0) is 54.8 Å². The monoisotopic (exact) mass is 401 g/mol. The minimum Gasteiger partial charge on any atom is -0.306 e. The highest BCUT2D eigenvalue weighted by atomic mass is 35.5. The van der Waals surface area contributed by atoms with E-state index in [0.717, 1.165) is 24.1 Å². The summed E-state index contributed by atoms with van der Waals surface area (Å²) in [6.07, 6.45) is 3.58. The van der Waals surface area contributed by atoms with Crippen molar-refractivity contribution in [3.8, 4) is 0 Å². The molecular formula is C21H21Cl2N3O. The van der Waals surface area contributed by atoms with Crippen LogP contribution in [0.1, 0.15) is 25.3 Å². The Morgan fingerprint density at radius 1 is 1.19 bits per heavy atom. The van der Waals surface area contributed by atoms with Crippen LogP contribution in [0.15, 0.2) is 66.3 Å². The molecule has 0 bridgehead atoms. The Hall–Kier alpha value is -2.30. The molecule has 1 aliphatic rings. The molecule has 0 radical (unpaired) electrons. The summed E-state index contributed by atoms with van der Waals surface area (Å²) in [5.74, 6) is 0. The second-order valence-corrected chi connectivity index (χ2v) is 7.71. The first kappa shape index (κ1) is 19.5. The van der Waals surface area contributed by atoms with Crippen molar-refractivity contribution < 1.29 is 4.79 Å². The predicted octanol–water partition coefficient (Wildman–Crippen LogP) is 6.22. The Balaban J connectivity index is 1.85. The second kappa shape index (κ2) is 8.15. The van der Waals surface area contributed by atoms with Gasteiger partial charge in [0.05, 0.1) is 12.3 Å². The van der Waals surface area contributed by atoms with Gasteiger partial charge in [0.1, 0.15) is 0 Å². The first-order chi connectivity index (χ1) is 12.9. The number of amides is 2. The SMILES string of the molecule is C=CCCC1(C)CN(C(=O)Nc2ccc(Cl)cc2)N=C1c1ccc(Cl)cc1. The number of carbonyl (C=O) groups excluding carboxylic acids is 1. The van der Waals surface area contributed by atoms with E-state index in [1.165, 1.54) is 5.01 Å². The van der Waals surface area contributed by atoms with Crippen LogP contribution in [0.4, 0.5) is 10.5 Å². The lowest BCUT2D eigenvalue weighted by atomic mass is 9.78. The number of hydrogen-bond acceptors (Lipinski definition) is 2. The van der Waals surface area contributed by atoms with Gasteiger partial charge >= 0.3 is 6.03 Å². The molecule has 0 spiro atoms. The van der Waals surface area contributed by atoms with E-state index in [1.54, 1.807) is 24.3 Å². The van der Waals surface area contributed by atoms with Crippen LogP contribution in [0.3, 0.4) is 0 Å². The number of carbonyl (C=O) groups is 1. The van der Waals surface area contributed by atoms with Gasteiger partial charge in [-0.3, -0.25) is 0 Å². The van der Waals surface area contributed by atoms with Crippen molar-refractivity contribution in [2.75, 3.05) is 11.9 Å². The molecule has 2 amide bonds. The van der Waals surface area contributed by atoms with Crippen LogP contribution < -0.4 is 5.32 Å². The summed E-state index contributed by atoms with van der Waals surface area (Å²) in [7, 11) is 0. The molecule has 4 nitrogen and oxygen atoms in total. The van der Waals surface area contributed by atoms with E-state index in [2.05, 4.69) is 23.9 Å². The van der Waals surface area contributed by atoms with Gasteiger partial charge in [-0.25, -0.2) is 9.80 Å². The molecule has 0 saturated heterocycles. The average molecular weight is 402 g/mol. The maximum absolute atomic E-state index is 12.7. The summed E-state index contributed by atoms with van der Waals surface area (Å²) in [5.41, 5.74) is 2.26. The number of hydrazone groups is 1. The summed E-state index contributed by atoms with van der Waals surface area (Å²) in [4.78, 5) is 12.7. The summed E-state index contributed by atoms with van der Waals surface area (Å²) in [6.45, 7) is 6.44. The molecule has 0 aliphatic carbocycles. The molecule has 2 aromatic carbocycles. The Morgan fingerprint density at radius 2 is 1.78 bits per heavy atom. The van der Waals surface area contributed by atoms with Crippen LogP contribution in [-0.2, 0) is 0 Å². The topological polar surface area (TPSA) is 44.7 Å². The minimum atomic E-state index is -0.272. The van der Waals surface area contributed by atoms with Crippen molar-refractivity contribution in [3.63, 3.8) is 0 Å². The zero-order valence-electron chi connectivity index (χ0n) is 15.1. The molecule has 1 atom stereocenters. The molecule has 0 fully saturated rings. The van der Waals surface area contributed by atoms with E-state index >= 15 is 0 Å². The van der Waals surface area contributed by atoms with Crippen LogP contribution in [0.25, 0.3) is 0 Å². The Labute approximate surface area is 169 Å². The van der Waals surface area contributed by atoms with Gasteiger partial charge in [-0.1, -0.05) is 48.3 Å². The molecule has 1 heterocycles. The average Bonchev–Trinajstić information content (AvgIpc) is 3.01. The van der Waals surface area contributed by atoms with Crippen molar-refractivity contribution in [1.82, 2.24) is 5.01 Å². The highest BCUT2D eigenvalue weighted by molar-refractivity contribution is 6.31. The van der Waals surface area contributed by atoms with E-state index in [-0.39, 0.29) is 11.4 Å². The lowest BCUT2D eigenvalue weighted by molar-refractivity contribution is 0.207. The number of allylic oxidation sites excluding steroid dienone is 1. The quantitative estimate of drug-likeness (QED) is 0.593. The van der Waals surface area contributed by atoms with E-state index in [4.69, 9.17) is 23.2 Å². The van der Waals surface area contributed by atoms with Crippen molar-refractivity contribution in [1.29, 1.82) is 0 Å². The van der Waals surface area contributed by atoms with Crippen LogP contribution in [0.5, 0.6) is 0 Å². The molecule has 0 saturated carbocycles. The van der Waals surface area contributed by atoms with E-state index in [9.17, 15) is 4.79 Å². The lowest BCUT2D eigenvalue weighted by Crippen LogP contribution is -2.35. The van der Waals surface area contributed by atoms with Gasteiger partial charge in [0.2, 0.25) is 0 Å². The Kier molecular flexibility index (Phi) is 5.88. The first-order valence-electron chi connectivity index (χ1n) is 8.71. The second-order valence-electron chi connectivity index (χ2n) is 6.84. The van der Waals surface area contributed by atoms with Crippen LogP contribution in [0, 0.1) is 5.41 Å². The normalized spacial score (nSPS) is 18.9. The molecule has 1 N–H and O–H groups in total. The number of nitrogens with one attached hydrogen (secondary N) is 1. The van der Waals surface area contributed by atoms with Crippen molar-refractivity contribution in [3.05, 3.63) is 76.8 Å². The Morgan fingerprint density at radius 3 is 2.37 bits per heavy atom. The molecule has 0 aromatic heterocycles. The third-order valence-electron chi connectivity index (χ3n) is 4.64. The van der Waals surface area contributed by atoms with Crippen molar-refractivity contribution in [2.45, 2.75) is 19.8 Å². The van der Waals surface area contributed by atoms with E-state index in [1.807, 2.05) is 30.3 Å². The fourth-order valence-electron chi connectivity index (χ4n) is 3.15. The molecule has 140 valence electrons. The number of rotatable bonds is 5. The fourth-order valence-corrected chi connectivity index (χ4v) is 3.40. The maximum Gasteiger partial charge on any atom is 0.342 e. The summed E-state index contributed by atoms with van der Waals surface area (Å²) >= 11 is 11.9. The third kappa shape index (κ3) is 4.52. The molecule has 2 aromatic rings. The number of hydrogen-bond donors (Lipinski definition) is 1. The summed E-state index contributed by atoms with van der Waals surface area (Å²) < 4.78 is 0. The zero-order chi connectivity index (χ0) is 19.4. The Bertz CT molecular complexity index is 862. The van der Waals surface area contributed by atoms with Gasteiger partial charge in [0, 0.05) is 21.1 Å². The molecule has 6 heteroatoms. The molecular weight excluding hydrogens is 381 g/mol. The minimum absolute atomic E-state index is 0.265. The van der Waals surface area contributed by atoms with E-state index in [0.29, 0.717) is 22.3 Å². The van der Waals surface area contributed by atoms with Crippen molar-refractivity contribution in [2.24, 2.45) is 10.5 Å². The number of anilines is 1. The van der Waals surface area contributed by atoms with Gasteiger partial charge in [0.25, 0.3) is 0 Å². The van der Waals surface area contributed by atoms with Crippen LogP contribution in [0.2, 0.25) is 10.0 Å². The summed E-state index contributed by atoms with van der Waals surface area (Å²) in [5, 5.41) is 10.3. The molecule has 3 rings (SSSR count). The predicted molar refractivity (Wildman–Crippen MR) is 113 cm³/mol. The van der Waals surface area contributed by atoms with Crippen LogP contribution in [-0.4, -0.2) is 23.3 Å². The van der Waals surface area contributed by atoms with Gasteiger partial charge in [0.15, 0.2) is 0 Å². The number of halogens is 2. The third-order valence-corrected chi connectivity index (χ3v) is 5.14. The number of urea groups is 1. The van der Waals surface area contributed by atoms with Crippen LogP contribution >= 0.6 is 23.2 Å². The largest absolute Gasteiger partial charge is 0.342 e. The lowest BCUT2D eigenvalue weighted by Gasteiger charge is -2.26. The standard InChI is InChI=1S/C21H21Cl2N3O/c1-3-4-13-21(2)14-26(20(27)24-18-11-9-17(23)10-12-18)25-19(21)15-5-7-16(22)8-6-15/h3,5-12H,1,4,13-14H2,2H3,(H,24,27). The maximum atomic E-state index is 12.7. The van der Waals surface area contributed by atoms with Crippen molar-refractivity contribution >= 4 is 40.6 Å². The number of nitrogens with zero attached hydrogens (tertiary/aromatic N) is 2. The van der Waals surface area contributed by atoms with Gasteiger partial charge in [-0.15, -0.1) is 6.58 Å². The first-order valence-corrected chi connectivity index (χ1v) is 9.47. The highest BCUT2D eigenvalue weighted by Gasteiger charge is 2.40. The summed E-state index contributed by atoms with van der Waals surface area (Å²) in [6, 6.07) is 14.3. The van der Waals surface area contributed by atoms with E-state index < -0.39 is 0 Å². The highest BCUT2D eigenvalue weighted by Crippen LogP contribution is 2.36. The molecule has 27 heavy (non-hydrogen) atoms. The van der Waals surface area contributed by atoms with Gasteiger partial charge < -0.3 is 5.32 Å².